The highest BCUT2D eigenvalue weighted by atomic mass is 32.2. The van der Waals surface area contributed by atoms with Crippen LogP contribution in [0.15, 0.2) is 53.4 Å². The molecule has 1 aliphatic carbocycles. The van der Waals surface area contributed by atoms with Gasteiger partial charge in [-0.25, -0.2) is 12.8 Å². The van der Waals surface area contributed by atoms with Gasteiger partial charge in [-0.3, -0.25) is 4.79 Å². The van der Waals surface area contributed by atoms with E-state index in [4.69, 9.17) is 0 Å². The topological polar surface area (TPSA) is 57.7 Å². The van der Waals surface area contributed by atoms with Gasteiger partial charge >= 0.3 is 0 Å². The maximum Gasteiger partial charge on any atom is 0.254 e. The lowest BCUT2D eigenvalue weighted by Gasteiger charge is -2.23. The zero-order chi connectivity index (χ0) is 19.7. The van der Waals surface area contributed by atoms with E-state index in [2.05, 4.69) is 0 Å². The second-order valence-electron chi connectivity index (χ2n) is 7.43. The van der Waals surface area contributed by atoms with Crippen molar-refractivity contribution in [3.63, 3.8) is 0 Å². The molecule has 28 heavy (non-hydrogen) atoms. The second-order valence-corrected chi connectivity index (χ2v) is 9.37. The van der Waals surface area contributed by atoms with Crippen LogP contribution in [0.4, 0.5) is 4.39 Å². The molecule has 148 valence electrons. The highest BCUT2D eigenvalue weighted by Gasteiger charge is 2.33. The molecular formula is C21H23FN2O3S. The molecule has 7 heteroatoms. The summed E-state index contributed by atoms with van der Waals surface area (Å²) in [5.41, 5.74) is 1.19. The first-order valence-electron chi connectivity index (χ1n) is 9.61. The van der Waals surface area contributed by atoms with Crippen LogP contribution in [-0.4, -0.2) is 42.7 Å². The summed E-state index contributed by atoms with van der Waals surface area (Å²) in [5.74, 6) is -0.478. The lowest BCUT2D eigenvalue weighted by Crippen LogP contribution is -2.32. The molecule has 1 saturated carbocycles. The van der Waals surface area contributed by atoms with Gasteiger partial charge in [-0.2, -0.15) is 4.31 Å². The first kappa shape index (κ1) is 19.1. The van der Waals surface area contributed by atoms with E-state index in [1.54, 1.807) is 29.2 Å². The molecule has 2 fully saturated rings. The molecule has 0 unspecified atom stereocenters. The van der Waals surface area contributed by atoms with E-state index in [1.165, 1.54) is 28.6 Å². The van der Waals surface area contributed by atoms with E-state index >= 15 is 0 Å². The fraction of sp³-hybridized carbons (Fsp3) is 0.381. The van der Waals surface area contributed by atoms with Crippen LogP contribution in [0.1, 0.15) is 41.6 Å². The van der Waals surface area contributed by atoms with E-state index in [0.717, 1.165) is 31.2 Å². The van der Waals surface area contributed by atoms with Gasteiger partial charge < -0.3 is 4.90 Å². The molecule has 0 aromatic heterocycles. The van der Waals surface area contributed by atoms with Crippen LogP contribution in [0.5, 0.6) is 0 Å². The van der Waals surface area contributed by atoms with Crippen LogP contribution >= 0.6 is 0 Å². The van der Waals surface area contributed by atoms with Crippen molar-refractivity contribution in [1.29, 1.82) is 0 Å². The lowest BCUT2D eigenvalue weighted by atomic mass is 10.1. The van der Waals surface area contributed by atoms with Crippen molar-refractivity contribution in [3.05, 3.63) is 65.5 Å². The zero-order valence-electron chi connectivity index (χ0n) is 15.6. The number of rotatable bonds is 6. The molecule has 0 atom stereocenters. The average Bonchev–Trinajstić information content (AvgIpc) is 3.37. The first-order valence-corrected chi connectivity index (χ1v) is 11.0. The molecule has 1 heterocycles. The molecule has 0 bridgehead atoms. The van der Waals surface area contributed by atoms with Crippen molar-refractivity contribution >= 4 is 15.9 Å². The molecule has 1 aliphatic heterocycles. The molecule has 2 aliphatic rings. The SMILES string of the molecule is O=C(c1ccc(S(=O)(=O)N2CCCC2)cc1)N(Cc1cccc(F)c1)C1CC1. The zero-order valence-corrected chi connectivity index (χ0v) is 16.4. The Balaban J connectivity index is 1.53. The number of halogens is 1. The molecule has 4 rings (SSSR count). The number of hydrogen-bond donors (Lipinski definition) is 0. The molecule has 1 saturated heterocycles. The van der Waals surface area contributed by atoms with Gasteiger partial charge in [0.25, 0.3) is 5.91 Å². The van der Waals surface area contributed by atoms with Crippen molar-refractivity contribution < 1.29 is 17.6 Å². The van der Waals surface area contributed by atoms with Gasteiger partial charge in [0.2, 0.25) is 10.0 Å². The Morgan fingerprint density at radius 3 is 2.36 bits per heavy atom. The molecule has 1 amide bonds. The third-order valence-electron chi connectivity index (χ3n) is 5.29. The molecule has 2 aromatic carbocycles. The molecular weight excluding hydrogens is 379 g/mol. The number of carbonyl (C=O) groups excluding carboxylic acids is 1. The first-order chi connectivity index (χ1) is 13.4. The predicted molar refractivity (Wildman–Crippen MR) is 104 cm³/mol. The van der Waals surface area contributed by atoms with Gasteiger partial charge in [0, 0.05) is 31.2 Å². The van der Waals surface area contributed by atoms with E-state index < -0.39 is 10.0 Å². The highest BCUT2D eigenvalue weighted by Crippen LogP contribution is 2.30. The van der Waals surface area contributed by atoms with Crippen molar-refractivity contribution in [1.82, 2.24) is 9.21 Å². The smallest absolute Gasteiger partial charge is 0.254 e. The normalized spacial score (nSPS) is 17.6. The Morgan fingerprint density at radius 2 is 1.75 bits per heavy atom. The van der Waals surface area contributed by atoms with Crippen molar-refractivity contribution in [2.24, 2.45) is 0 Å². The minimum Gasteiger partial charge on any atom is -0.331 e. The van der Waals surface area contributed by atoms with Crippen molar-refractivity contribution in [2.75, 3.05) is 13.1 Å². The average molecular weight is 402 g/mol. The second kappa shape index (κ2) is 7.64. The van der Waals surface area contributed by atoms with Gasteiger partial charge in [-0.05, 0) is 67.6 Å². The van der Waals surface area contributed by atoms with Crippen LogP contribution in [0.25, 0.3) is 0 Å². The fourth-order valence-electron chi connectivity index (χ4n) is 3.60. The molecule has 5 nitrogen and oxygen atoms in total. The van der Waals surface area contributed by atoms with Gasteiger partial charge in [-0.15, -0.1) is 0 Å². The van der Waals surface area contributed by atoms with Gasteiger partial charge in [0.1, 0.15) is 5.82 Å². The van der Waals surface area contributed by atoms with Gasteiger partial charge in [0.05, 0.1) is 4.90 Å². The van der Waals surface area contributed by atoms with Crippen molar-refractivity contribution in [3.8, 4) is 0 Å². The number of sulfonamides is 1. The van der Waals surface area contributed by atoms with E-state index in [0.29, 0.717) is 25.2 Å². The summed E-state index contributed by atoms with van der Waals surface area (Å²) in [6.45, 7) is 1.44. The quantitative estimate of drug-likeness (QED) is 0.744. The predicted octanol–water partition coefficient (Wildman–Crippen LogP) is 3.42. The summed E-state index contributed by atoms with van der Waals surface area (Å²) < 4.78 is 40.2. The van der Waals surface area contributed by atoms with Gasteiger partial charge in [0.15, 0.2) is 0 Å². The summed E-state index contributed by atoms with van der Waals surface area (Å²) in [5, 5.41) is 0. The number of carbonyl (C=O) groups is 1. The fourth-order valence-corrected chi connectivity index (χ4v) is 5.11. The maximum absolute atomic E-state index is 13.5. The summed E-state index contributed by atoms with van der Waals surface area (Å²) in [7, 11) is -3.49. The molecule has 0 radical (unpaired) electrons. The third kappa shape index (κ3) is 3.95. The number of nitrogens with zero attached hydrogens (tertiary/aromatic N) is 2. The Morgan fingerprint density at radius 1 is 1.07 bits per heavy atom. The summed E-state index contributed by atoms with van der Waals surface area (Å²) >= 11 is 0. The largest absolute Gasteiger partial charge is 0.331 e. The molecule has 2 aromatic rings. The highest BCUT2D eigenvalue weighted by molar-refractivity contribution is 7.89. The molecule has 0 N–H and O–H groups in total. The maximum atomic E-state index is 13.5. The van der Waals surface area contributed by atoms with E-state index in [1.807, 2.05) is 0 Å². The number of benzene rings is 2. The number of amides is 1. The lowest BCUT2D eigenvalue weighted by molar-refractivity contribution is 0.0729. The standard InChI is InChI=1S/C21H23FN2O3S/c22-18-5-3-4-16(14-18)15-24(19-8-9-19)21(25)17-6-10-20(11-7-17)28(26,27)23-12-1-2-13-23/h3-7,10-11,14,19H,1-2,8-9,12-13,15H2. The third-order valence-corrected chi connectivity index (χ3v) is 7.21. The Kier molecular flexibility index (Phi) is 5.21. The van der Waals surface area contributed by atoms with Gasteiger partial charge in [-0.1, -0.05) is 12.1 Å². The Bertz CT molecular complexity index is 965. The minimum absolute atomic E-state index is 0.156. The monoisotopic (exact) mass is 402 g/mol. The minimum atomic E-state index is -3.49. The number of hydrogen-bond acceptors (Lipinski definition) is 3. The van der Waals surface area contributed by atoms with Crippen molar-refractivity contribution in [2.45, 2.75) is 43.2 Å². The summed E-state index contributed by atoms with van der Waals surface area (Å²) in [6, 6.07) is 12.6. The Labute approximate surface area is 164 Å². The van der Waals surface area contributed by atoms with Crippen LogP contribution < -0.4 is 0 Å². The Hall–Kier alpha value is -2.25. The van der Waals surface area contributed by atoms with Crippen LogP contribution in [0, 0.1) is 5.82 Å². The van der Waals surface area contributed by atoms with E-state index in [9.17, 15) is 17.6 Å². The summed E-state index contributed by atoms with van der Waals surface area (Å²) in [4.78, 5) is 15.0. The van der Waals surface area contributed by atoms with Crippen LogP contribution in [-0.2, 0) is 16.6 Å². The summed E-state index contributed by atoms with van der Waals surface area (Å²) in [6.07, 6.45) is 3.63. The van der Waals surface area contributed by atoms with E-state index in [-0.39, 0.29) is 22.7 Å². The van der Waals surface area contributed by atoms with Crippen LogP contribution in [0.3, 0.4) is 0 Å². The van der Waals surface area contributed by atoms with Crippen LogP contribution in [0.2, 0.25) is 0 Å². The molecule has 0 spiro atoms.